The second kappa shape index (κ2) is 5.15. The van der Waals surface area contributed by atoms with Gasteiger partial charge in [0.05, 0.1) is 12.4 Å². The third-order valence-electron chi connectivity index (χ3n) is 3.38. The summed E-state index contributed by atoms with van der Waals surface area (Å²) < 4.78 is 18.3. The van der Waals surface area contributed by atoms with Crippen LogP contribution in [-0.2, 0) is 0 Å². The molecule has 1 fully saturated rings. The van der Waals surface area contributed by atoms with Gasteiger partial charge in [-0.25, -0.2) is 14.4 Å². The number of hydrogen-bond acceptors (Lipinski definition) is 6. The molecule has 106 valence electrons. The Morgan fingerprint density at radius 1 is 1.35 bits per heavy atom. The lowest BCUT2D eigenvalue weighted by Crippen LogP contribution is -2.24. The van der Waals surface area contributed by atoms with Gasteiger partial charge < -0.3 is 9.42 Å². The molecule has 1 aliphatic heterocycles. The average molecular weight is 277 g/mol. The third-order valence-corrected chi connectivity index (χ3v) is 3.38. The lowest BCUT2D eigenvalue weighted by molar-refractivity contribution is 0.348. The van der Waals surface area contributed by atoms with Crippen LogP contribution >= 0.6 is 0 Å². The van der Waals surface area contributed by atoms with E-state index >= 15 is 0 Å². The Balaban J connectivity index is 1.86. The molecule has 3 rings (SSSR count). The van der Waals surface area contributed by atoms with Crippen LogP contribution in [0.3, 0.4) is 0 Å². The minimum Gasteiger partial charge on any atom is -0.337 e. The van der Waals surface area contributed by atoms with Gasteiger partial charge in [-0.3, -0.25) is 0 Å². The Morgan fingerprint density at radius 3 is 2.75 bits per heavy atom. The van der Waals surface area contributed by atoms with Gasteiger partial charge in [0.1, 0.15) is 6.04 Å². The Bertz CT molecular complexity index is 583. The highest BCUT2D eigenvalue weighted by atomic mass is 19.1. The van der Waals surface area contributed by atoms with Crippen LogP contribution < -0.4 is 4.90 Å². The summed E-state index contributed by atoms with van der Waals surface area (Å²) in [6.07, 6.45) is 4.24. The molecule has 0 radical (unpaired) electrons. The molecule has 3 heterocycles. The van der Waals surface area contributed by atoms with Crippen molar-refractivity contribution in [3.8, 4) is 0 Å². The van der Waals surface area contributed by atoms with E-state index in [9.17, 15) is 4.39 Å². The second-order valence-corrected chi connectivity index (χ2v) is 5.20. The lowest BCUT2D eigenvalue weighted by atomic mass is 10.2. The van der Waals surface area contributed by atoms with Crippen molar-refractivity contribution in [2.45, 2.75) is 38.6 Å². The Labute approximate surface area is 116 Å². The molecule has 2 aromatic rings. The maximum absolute atomic E-state index is 12.9. The molecular weight excluding hydrogens is 261 g/mol. The molecule has 0 bridgehead atoms. The number of halogens is 1. The maximum atomic E-state index is 12.9. The van der Waals surface area contributed by atoms with Crippen LogP contribution in [-0.4, -0.2) is 26.7 Å². The van der Waals surface area contributed by atoms with Crippen LogP contribution in [0.2, 0.25) is 0 Å². The summed E-state index contributed by atoms with van der Waals surface area (Å²) in [6, 6.07) is -0.0274. The van der Waals surface area contributed by atoms with Crippen molar-refractivity contribution < 1.29 is 8.91 Å². The van der Waals surface area contributed by atoms with Crippen molar-refractivity contribution in [2.24, 2.45) is 0 Å². The minimum absolute atomic E-state index is 0.0274. The second-order valence-electron chi connectivity index (χ2n) is 5.20. The molecule has 1 saturated heterocycles. The van der Waals surface area contributed by atoms with Crippen molar-refractivity contribution in [3.05, 3.63) is 29.9 Å². The first-order valence-corrected chi connectivity index (χ1v) is 6.73. The summed E-state index contributed by atoms with van der Waals surface area (Å²) in [6.45, 7) is 4.84. The monoisotopic (exact) mass is 277 g/mol. The SMILES string of the molecule is CC(C)c1noc([C@@H]2CCCN2c2ncc(F)cn2)n1. The summed E-state index contributed by atoms with van der Waals surface area (Å²) in [5, 5.41) is 3.99. The van der Waals surface area contributed by atoms with Crippen LogP contribution in [0.4, 0.5) is 10.3 Å². The van der Waals surface area contributed by atoms with E-state index in [1.165, 1.54) is 12.4 Å². The zero-order chi connectivity index (χ0) is 14.1. The molecule has 7 heteroatoms. The standard InChI is InChI=1S/C13H16FN5O/c1-8(2)11-17-12(20-18-11)10-4-3-5-19(10)13-15-6-9(14)7-16-13/h6-8,10H,3-5H2,1-2H3/t10-/m0/s1. The first-order valence-electron chi connectivity index (χ1n) is 6.73. The van der Waals surface area contributed by atoms with Gasteiger partial charge in [-0.1, -0.05) is 19.0 Å². The topological polar surface area (TPSA) is 67.9 Å². The molecule has 2 aromatic heterocycles. The molecule has 0 spiro atoms. The van der Waals surface area contributed by atoms with E-state index < -0.39 is 5.82 Å². The largest absolute Gasteiger partial charge is 0.337 e. The Hall–Kier alpha value is -2.05. The number of aromatic nitrogens is 4. The van der Waals surface area contributed by atoms with E-state index in [1.54, 1.807) is 0 Å². The fraction of sp³-hybridized carbons (Fsp3) is 0.538. The third kappa shape index (κ3) is 2.35. The van der Waals surface area contributed by atoms with E-state index in [0.717, 1.165) is 19.4 Å². The van der Waals surface area contributed by atoms with E-state index in [0.29, 0.717) is 17.7 Å². The van der Waals surface area contributed by atoms with Crippen LogP contribution in [0.5, 0.6) is 0 Å². The van der Waals surface area contributed by atoms with Crippen LogP contribution in [0.1, 0.15) is 50.4 Å². The molecule has 0 amide bonds. The normalized spacial score (nSPS) is 19.0. The maximum Gasteiger partial charge on any atom is 0.249 e. The first-order chi connectivity index (χ1) is 9.65. The predicted octanol–water partition coefficient (Wildman–Crippen LogP) is 2.46. The minimum atomic E-state index is -0.440. The summed E-state index contributed by atoms with van der Waals surface area (Å²) in [5.41, 5.74) is 0. The zero-order valence-electron chi connectivity index (χ0n) is 11.5. The van der Waals surface area contributed by atoms with Crippen molar-refractivity contribution in [3.63, 3.8) is 0 Å². The van der Waals surface area contributed by atoms with Gasteiger partial charge in [0.15, 0.2) is 11.6 Å². The average Bonchev–Trinajstić information content (AvgIpc) is 3.08. The molecule has 0 unspecified atom stereocenters. The van der Waals surface area contributed by atoms with Crippen molar-refractivity contribution in [1.29, 1.82) is 0 Å². The molecule has 0 aliphatic carbocycles. The van der Waals surface area contributed by atoms with Gasteiger partial charge in [0, 0.05) is 12.5 Å². The quantitative estimate of drug-likeness (QED) is 0.858. The van der Waals surface area contributed by atoms with Gasteiger partial charge in [-0.05, 0) is 12.8 Å². The van der Waals surface area contributed by atoms with Gasteiger partial charge in [-0.15, -0.1) is 0 Å². The van der Waals surface area contributed by atoms with Gasteiger partial charge >= 0.3 is 0 Å². The molecule has 1 aliphatic rings. The molecule has 6 nitrogen and oxygen atoms in total. The van der Waals surface area contributed by atoms with Crippen molar-refractivity contribution >= 4 is 5.95 Å². The first kappa shape index (κ1) is 13.0. The molecular formula is C13H16FN5O. The number of nitrogens with zero attached hydrogens (tertiary/aromatic N) is 5. The molecule has 0 saturated carbocycles. The zero-order valence-corrected chi connectivity index (χ0v) is 11.5. The summed E-state index contributed by atoms with van der Waals surface area (Å²) in [4.78, 5) is 14.5. The van der Waals surface area contributed by atoms with Crippen LogP contribution in [0.25, 0.3) is 0 Å². The fourth-order valence-corrected chi connectivity index (χ4v) is 2.33. The summed E-state index contributed by atoms with van der Waals surface area (Å²) >= 11 is 0. The van der Waals surface area contributed by atoms with Gasteiger partial charge in [-0.2, -0.15) is 4.98 Å². The van der Waals surface area contributed by atoms with E-state index in [-0.39, 0.29) is 12.0 Å². The van der Waals surface area contributed by atoms with E-state index in [2.05, 4.69) is 20.1 Å². The van der Waals surface area contributed by atoms with Gasteiger partial charge in [0.2, 0.25) is 11.8 Å². The lowest BCUT2D eigenvalue weighted by Gasteiger charge is -2.21. The van der Waals surface area contributed by atoms with Crippen LogP contribution in [0, 0.1) is 5.82 Å². The van der Waals surface area contributed by atoms with Crippen molar-refractivity contribution in [2.75, 3.05) is 11.4 Å². The van der Waals surface area contributed by atoms with Crippen molar-refractivity contribution in [1.82, 2.24) is 20.1 Å². The number of rotatable bonds is 3. The molecule has 1 atom stereocenters. The van der Waals surface area contributed by atoms with E-state index in [4.69, 9.17) is 4.52 Å². The molecule has 20 heavy (non-hydrogen) atoms. The Morgan fingerprint density at radius 2 is 2.10 bits per heavy atom. The highest BCUT2D eigenvalue weighted by molar-refractivity contribution is 5.34. The fourth-order valence-electron chi connectivity index (χ4n) is 2.33. The number of anilines is 1. The smallest absolute Gasteiger partial charge is 0.249 e. The highest BCUT2D eigenvalue weighted by Crippen LogP contribution is 2.33. The van der Waals surface area contributed by atoms with Gasteiger partial charge in [0.25, 0.3) is 0 Å². The predicted molar refractivity (Wildman–Crippen MR) is 69.7 cm³/mol. The summed E-state index contributed by atoms with van der Waals surface area (Å²) in [7, 11) is 0. The number of hydrogen-bond donors (Lipinski definition) is 0. The highest BCUT2D eigenvalue weighted by Gasteiger charge is 2.32. The van der Waals surface area contributed by atoms with Crippen LogP contribution in [0.15, 0.2) is 16.9 Å². The summed E-state index contributed by atoms with van der Waals surface area (Å²) in [5.74, 6) is 1.57. The Kier molecular flexibility index (Phi) is 3.33. The van der Waals surface area contributed by atoms with E-state index in [1.807, 2.05) is 18.7 Å². The molecule has 0 N–H and O–H groups in total. The molecule has 0 aromatic carbocycles.